The second kappa shape index (κ2) is 7.88. The SMILES string of the molecule is CCOC[C@@H](NC(=O)OC(C)(C)C)c1ccc(OC)cc1. The van der Waals surface area contributed by atoms with Crippen molar-refractivity contribution in [3.8, 4) is 5.75 Å². The minimum atomic E-state index is -0.528. The Labute approximate surface area is 126 Å². The van der Waals surface area contributed by atoms with E-state index in [9.17, 15) is 4.79 Å². The number of hydrogen-bond acceptors (Lipinski definition) is 4. The maximum Gasteiger partial charge on any atom is 0.408 e. The Hall–Kier alpha value is -1.75. The van der Waals surface area contributed by atoms with Crippen LogP contribution in [0.3, 0.4) is 0 Å². The second-order valence-electron chi connectivity index (χ2n) is 5.63. The first-order chi connectivity index (χ1) is 9.85. The fourth-order valence-electron chi connectivity index (χ4n) is 1.74. The number of alkyl carbamates (subject to hydrolysis) is 1. The van der Waals surface area contributed by atoms with E-state index >= 15 is 0 Å². The van der Waals surface area contributed by atoms with Gasteiger partial charge in [-0.15, -0.1) is 0 Å². The van der Waals surface area contributed by atoms with Crippen LogP contribution in [0.25, 0.3) is 0 Å². The van der Waals surface area contributed by atoms with Crippen molar-refractivity contribution in [2.75, 3.05) is 20.3 Å². The zero-order valence-electron chi connectivity index (χ0n) is 13.4. The van der Waals surface area contributed by atoms with Gasteiger partial charge in [-0.05, 0) is 45.4 Å². The summed E-state index contributed by atoms with van der Waals surface area (Å²) < 4.78 is 15.9. The summed E-state index contributed by atoms with van der Waals surface area (Å²) in [5, 5.41) is 2.84. The van der Waals surface area contributed by atoms with Crippen LogP contribution in [-0.2, 0) is 9.47 Å². The van der Waals surface area contributed by atoms with Crippen molar-refractivity contribution in [1.29, 1.82) is 0 Å². The number of nitrogens with one attached hydrogen (secondary N) is 1. The summed E-state index contributed by atoms with van der Waals surface area (Å²) in [6.45, 7) is 8.38. The Balaban J connectivity index is 2.76. The third-order valence-corrected chi connectivity index (χ3v) is 2.70. The van der Waals surface area contributed by atoms with E-state index < -0.39 is 11.7 Å². The lowest BCUT2D eigenvalue weighted by molar-refractivity contribution is 0.0448. The van der Waals surface area contributed by atoms with Crippen LogP contribution in [0.1, 0.15) is 39.3 Å². The fourth-order valence-corrected chi connectivity index (χ4v) is 1.74. The van der Waals surface area contributed by atoms with Crippen molar-refractivity contribution in [3.05, 3.63) is 29.8 Å². The van der Waals surface area contributed by atoms with Crippen LogP contribution in [0.5, 0.6) is 5.75 Å². The quantitative estimate of drug-likeness (QED) is 0.875. The molecule has 1 rings (SSSR count). The van der Waals surface area contributed by atoms with Gasteiger partial charge in [0.05, 0.1) is 19.8 Å². The van der Waals surface area contributed by atoms with Gasteiger partial charge in [-0.1, -0.05) is 12.1 Å². The number of benzene rings is 1. The molecule has 0 saturated heterocycles. The molecule has 118 valence electrons. The van der Waals surface area contributed by atoms with E-state index in [0.29, 0.717) is 13.2 Å². The van der Waals surface area contributed by atoms with Gasteiger partial charge in [0.25, 0.3) is 0 Å². The first-order valence-electron chi connectivity index (χ1n) is 7.07. The Kier molecular flexibility index (Phi) is 6.49. The summed E-state index contributed by atoms with van der Waals surface area (Å²) in [4.78, 5) is 11.9. The van der Waals surface area contributed by atoms with Gasteiger partial charge in [-0.25, -0.2) is 4.79 Å². The minimum absolute atomic E-state index is 0.259. The lowest BCUT2D eigenvalue weighted by Gasteiger charge is -2.24. The Morgan fingerprint density at radius 2 is 1.86 bits per heavy atom. The van der Waals surface area contributed by atoms with Crippen LogP contribution in [0.2, 0.25) is 0 Å². The van der Waals surface area contributed by atoms with Gasteiger partial charge in [0, 0.05) is 6.61 Å². The lowest BCUT2D eigenvalue weighted by atomic mass is 10.1. The van der Waals surface area contributed by atoms with Crippen LogP contribution in [0.15, 0.2) is 24.3 Å². The standard InChI is InChI=1S/C16H25NO4/c1-6-20-11-14(17-15(18)21-16(2,3)4)12-7-9-13(19-5)10-8-12/h7-10,14H,6,11H2,1-5H3,(H,17,18)/t14-/m1/s1. The molecule has 5 nitrogen and oxygen atoms in total. The molecule has 5 heteroatoms. The van der Waals surface area contributed by atoms with E-state index in [1.165, 1.54) is 0 Å². The zero-order valence-corrected chi connectivity index (χ0v) is 13.4. The molecule has 1 amide bonds. The smallest absolute Gasteiger partial charge is 0.408 e. The second-order valence-corrected chi connectivity index (χ2v) is 5.63. The molecule has 0 aromatic heterocycles. The number of hydrogen-bond donors (Lipinski definition) is 1. The Morgan fingerprint density at radius 3 is 2.33 bits per heavy atom. The van der Waals surface area contributed by atoms with Crippen LogP contribution in [0, 0.1) is 0 Å². The molecule has 0 aliphatic carbocycles. The van der Waals surface area contributed by atoms with Gasteiger partial charge in [0.2, 0.25) is 0 Å². The number of methoxy groups -OCH3 is 1. The molecule has 0 unspecified atom stereocenters. The van der Waals surface area contributed by atoms with Gasteiger partial charge in [0.15, 0.2) is 0 Å². The first-order valence-corrected chi connectivity index (χ1v) is 7.07. The zero-order chi connectivity index (χ0) is 15.9. The van der Waals surface area contributed by atoms with E-state index in [1.54, 1.807) is 7.11 Å². The monoisotopic (exact) mass is 295 g/mol. The summed E-state index contributed by atoms with van der Waals surface area (Å²) in [6.07, 6.45) is -0.456. The van der Waals surface area contributed by atoms with Crippen molar-refractivity contribution in [1.82, 2.24) is 5.32 Å². The molecule has 0 radical (unpaired) electrons. The van der Waals surface area contributed by atoms with Crippen molar-refractivity contribution in [3.63, 3.8) is 0 Å². The Morgan fingerprint density at radius 1 is 1.24 bits per heavy atom. The molecular weight excluding hydrogens is 270 g/mol. The first kappa shape index (κ1) is 17.3. The molecule has 0 aliphatic rings. The number of amides is 1. The predicted octanol–water partition coefficient (Wildman–Crippen LogP) is 3.30. The third-order valence-electron chi connectivity index (χ3n) is 2.70. The maximum absolute atomic E-state index is 11.9. The molecule has 0 saturated carbocycles. The van der Waals surface area contributed by atoms with Gasteiger partial charge >= 0.3 is 6.09 Å². The molecule has 0 aliphatic heterocycles. The number of rotatable bonds is 6. The molecule has 1 aromatic rings. The molecule has 21 heavy (non-hydrogen) atoms. The molecule has 0 fully saturated rings. The number of carbonyl (C=O) groups excluding carboxylic acids is 1. The van der Waals surface area contributed by atoms with Crippen LogP contribution >= 0.6 is 0 Å². The van der Waals surface area contributed by atoms with Crippen LogP contribution in [0.4, 0.5) is 4.79 Å². The molecule has 0 heterocycles. The van der Waals surface area contributed by atoms with Crippen LogP contribution in [-0.4, -0.2) is 32.0 Å². The third kappa shape index (κ3) is 6.49. The van der Waals surface area contributed by atoms with Crippen molar-refractivity contribution in [2.45, 2.75) is 39.3 Å². The summed E-state index contributed by atoms with van der Waals surface area (Å²) in [5.74, 6) is 0.770. The van der Waals surface area contributed by atoms with Gasteiger partial charge in [-0.3, -0.25) is 0 Å². The summed E-state index contributed by atoms with van der Waals surface area (Å²) in [6, 6.07) is 7.25. The Bertz CT molecular complexity index is 437. The van der Waals surface area contributed by atoms with Crippen LogP contribution < -0.4 is 10.1 Å². The number of ether oxygens (including phenoxy) is 3. The van der Waals surface area contributed by atoms with E-state index in [1.807, 2.05) is 52.0 Å². The van der Waals surface area contributed by atoms with Gasteiger partial charge in [-0.2, -0.15) is 0 Å². The highest BCUT2D eigenvalue weighted by Crippen LogP contribution is 2.19. The van der Waals surface area contributed by atoms with E-state index in [0.717, 1.165) is 11.3 Å². The molecular formula is C16H25NO4. The molecule has 1 atom stereocenters. The van der Waals surface area contributed by atoms with E-state index in [4.69, 9.17) is 14.2 Å². The normalized spacial score (nSPS) is 12.6. The molecule has 1 N–H and O–H groups in total. The average molecular weight is 295 g/mol. The highest BCUT2D eigenvalue weighted by atomic mass is 16.6. The largest absolute Gasteiger partial charge is 0.497 e. The van der Waals surface area contributed by atoms with Gasteiger partial charge in [0.1, 0.15) is 11.4 Å². The average Bonchev–Trinajstić information content (AvgIpc) is 2.41. The summed E-state index contributed by atoms with van der Waals surface area (Å²) in [5.41, 5.74) is 0.412. The number of carbonyl (C=O) groups is 1. The topological polar surface area (TPSA) is 56.8 Å². The molecule has 1 aromatic carbocycles. The fraction of sp³-hybridized carbons (Fsp3) is 0.562. The predicted molar refractivity (Wildman–Crippen MR) is 81.6 cm³/mol. The maximum atomic E-state index is 11.9. The minimum Gasteiger partial charge on any atom is -0.497 e. The van der Waals surface area contributed by atoms with E-state index in [-0.39, 0.29) is 6.04 Å². The highest BCUT2D eigenvalue weighted by Gasteiger charge is 2.20. The van der Waals surface area contributed by atoms with Crippen molar-refractivity contribution in [2.24, 2.45) is 0 Å². The summed E-state index contributed by atoms with van der Waals surface area (Å²) >= 11 is 0. The van der Waals surface area contributed by atoms with Crippen molar-refractivity contribution >= 4 is 6.09 Å². The molecule has 0 bridgehead atoms. The highest BCUT2D eigenvalue weighted by molar-refractivity contribution is 5.68. The van der Waals surface area contributed by atoms with Crippen molar-refractivity contribution < 1.29 is 19.0 Å². The van der Waals surface area contributed by atoms with Gasteiger partial charge < -0.3 is 19.5 Å². The molecule has 0 spiro atoms. The van der Waals surface area contributed by atoms with E-state index in [2.05, 4.69) is 5.32 Å². The lowest BCUT2D eigenvalue weighted by Crippen LogP contribution is -2.36. The summed E-state index contributed by atoms with van der Waals surface area (Å²) in [7, 11) is 1.62.